The molecular weight excluding hydrogens is 376 g/mol. The van der Waals surface area contributed by atoms with E-state index in [9.17, 15) is 13.2 Å². The van der Waals surface area contributed by atoms with Gasteiger partial charge in [0.2, 0.25) is 10.0 Å². The Hall–Kier alpha value is -2.38. The Bertz CT molecular complexity index is 968. The van der Waals surface area contributed by atoms with E-state index < -0.39 is 10.0 Å². The summed E-state index contributed by atoms with van der Waals surface area (Å²) in [6.45, 7) is 6.69. The van der Waals surface area contributed by atoms with Crippen LogP contribution in [0.5, 0.6) is 5.75 Å². The Morgan fingerprint density at radius 1 is 1.18 bits per heavy atom. The topological polar surface area (TPSA) is 75.7 Å². The molecule has 7 heteroatoms. The number of amides is 1. The van der Waals surface area contributed by atoms with Crippen molar-refractivity contribution >= 4 is 15.9 Å². The molecule has 0 saturated heterocycles. The fourth-order valence-electron chi connectivity index (χ4n) is 3.45. The van der Waals surface area contributed by atoms with Crippen LogP contribution in [0.25, 0.3) is 0 Å². The molecule has 0 unspecified atom stereocenters. The lowest BCUT2D eigenvalue weighted by Crippen LogP contribution is -2.33. The highest BCUT2D eigenvalue weighted by atomic mass is 32.2. The fourth-order valence-corrected chi connectivity index (χ4v) is 4.93. The minimum atomic E-state index is -3.62. The molecule has 1 amide bonds. The molecule has 1 N–H and O–H groups in total. The molecule has 3 rings (SSSR count). The molecule has 0 radical (unpaired) electrons. The summed E-state index contributed by atoms with van der Waals surface area (Å²) < 4.78 is 32.7. The molecule has 1 aliphatic heterocycles. The van der Waals surface area contributed by atoms with Crippen LogP contribution in [0.2, 0.25) is 0 Å². The third-order valence-corrected chi connectivity index (χ3v) is 7.11. The van der Waals surface area contributed by atoms with E-state index in [0.29, 0.717) is 31.7 Å². The number of nitrogens with zero attached hydrogens (tertiary/aromatic N) is 1. The number of nitrogens with one attached hydrogen (secondary N) is 1. The highest BCUT2D eigenvalue weighted by Crippen LogP contribution is 2.32. The average molecular weight is 403 g/mol. The molecule has 150 valence electrons. The van der Waals surface area contributed by atoms with Crippen LogP contribution < -0.4 is 10.1 Å². The van der Waals surface area contributed by atoms with Crippen molar-refractivity contribution in [2.24, 2.45) is 0 Å². The minimum Gasteiger partial charge on any atom is -0.493 e. The van der Waals surface area contributed by atoms with Gasteiger partial charge in [0.05, 0.1) is 17.5 Å². The Labute approximate surface area is 166 Å². The molecule has 2 aromatic rings. The van der Waals surface area contributed by atoms with Crippen molar-refractivity contribution in [3.63, 3.8) is 0 Å². The van der Waals surface area contributed by atoms with E-state index in [1.807, 2.05) is 24.3 Å². The molecule has 2 aromatic carbocycles. The lowest BCUT2D eigenvalue weighted by molar-refractivity contribution is 0.0924. The van der Waals surface area contributed by atoms with Gasteiger partial charge in [-0.15, -0.1) is 0 Å². The number of benzene rings is 2. The summed E-state index contributed by atoms with van der Waals surface area (Å²) in [5, 5.41) is 3.04. The SMILES string of the molecule is CCN(CC)S(=O)(=O)c1ccc(C)c(C(=O)N[C@@H]2CCOc3ccccc32)c1. The maximum absolute atomic E-state index is 13.0. The van der Waals surface area contributed by atoms with E-state index in [2.05, 4.69) is 5.32 Å². The van der Waals surface area contributed by atoms with Gasteiger partial charge in [0, 0.05) is 30.6 Å². The molecule has 1 aliphatic rings. The first-order chi connectivity index (χ1) is 13.4. The third-order valence-electron chi connectivity index (χ3n) is 5.06. The van der Waals surface area contributed by atoms with Crippen LogP contribution in [0.15, 0.2) is 47.4 Å². The zero-order chi connectivity index (χ0) is 20.3. The number of para-hydroxylation sites is 1. The Kier molecular flexibility index (Phi) is 6.05. The smallest absolute Gasteiger partial charge is 0.252 e. The molecule has 0 bridgehead atoms. The summed E-state index contributed by atoms with van der Waals surface area (Å²) >= 11 is 0. The van der Waals surface area contributed by atoms with E-state index in [1.54, 1.807) is 32.9 Å². The lowest BCUT2D eigenvalue weighted by atomic mass is 9.99. The predicted molar refractivity (Wildman–Crippen MR) is 108 cm³/mol. The molecule has 1 heterocycles. The molecular formula is C21H26N2O4S. The Morgan fingerprint density at radius 3 is 2.61 bits per heavy atom. The van der Waals surface area contributed by atoms with Gasteiger partial charge in [-0.2, -0.15) is 4.31 Å². The van der Waals surface area contributed by atoms with Crippen molar-refractivity contribution in [3.8, 4) is 5.75 Å². The van der Waals surface area contributed by atoms with Crippen LogP contribution in [-0.2, 0) is 10.0 Å². The second-order valence-electron chi connectivity index (χ2n) is 6.77. The average Bonchev–Trinajstić information content (AvgIpc) is 2.69. The monoisotopic (exact) mass is 402 g/mol. The molecule has 0 saturated carbocycles. The summed E-state index contributed by atoms with van der Waals surface area (Å²) in [6, 6.07) is 12.2. The fraction of sp³-hybridized carbons (Fsp3) is 0.381. The number of aryl methyl sites for hydroxylation is 1. The minimum absolute atomic E-state index is 0.138. The summed E-state index contributed by atoms with van der Waals surface area (Å²) in [6.07, 6.45) is 0.666. The predicted octanol–water partition coefficient (Wildman–Crippen LogP) is 3.28. The summed E-state index contributed by atoms with van der Waals surface area (Å²) in [5.74, 6) is 0.490. The summed E-state index contributed by atoms with van der Waals surface area (Å²) in [4.78, 5) is 13.1. The van der Waals surface area contributed by atoms with E-state index in [4.69, 9.17) is 4.74 Å². The van der Waals surface area contributed by atoms with Crippen LogP contribution in [0.1, 0.15) is 47.8 Å². The Morgan fingerprint density at radius 2 is 1.89 bits per heavy atom. The quantitative estimate of drug-likeness (QED) is 0.805. The van der Waals surface area contributed by atoms with E-state index >= 15 is 0 Å². The zero-order valence-corrected chi connectivity index (χ0v) is 17.3. The summed E-state index contributed by atoms with van der Waals surface area (Å²) in [7, 11) is -3.62. The number of hydrogen-bond acceptors (Lipinski definition) is 4. The molecule has 0 aromatic heterocycles. The highest BCUT2D eigenvalue weighted by Gasteiger charge is 2.26. The molecule has 0 spiro atoms. The zero-order valence-electron chi connectivity index (χ0n) is 16.4. The maximum atomic E-state index is 13.0. The van der Waals surface area contributed by atoms with Crippen molar-refractivity contribution in [3.05, 3.63) is 59.2 Å². The first kappa shape index (κ1) is 20.4. The summed E-state index contributed by atoms with van der Waals surface area (Å²) in [5.41, 5.74) is 2.04. The lowest BCUT2D eigenvalue weighted by Gasteiger charge is -2.27. The van der Waals surface area contributed by atoms with Crippen molar-refractivity contribution in [1.82, 2.24) is 9.62 Å². The number of carbonyl (C=O) groups excluding carboxylic acids is 1. The van der Waals surface area contributed by atoms with Crippen molar-refractivity contribution in [1.29, 1.82) is 0 Å². The van der Waals surface area contributed by atoms with Crippen LogP contribution in [0.3, 0.4) is 0 Å². The highest BCUT2D eigenvalue weighted by molar-refractivity contribution is 7.89. The van der Waals surface area contributed by atoms with Gasteiger partial charge in [0.15, 0.2) is 0 Å². The van der Waals surface area contributed by atoms with Gasteiger partial charge in [-0.1, -0.05) is 38.1 Å². The standard InChI is InChI=1S/C21H26N2O4S/c1-4-23(5-2)28(25,26)16-11-10-15(3)18(14-16)21(24)22-19-12-13-27-20-9-7-6-8-17(19)20/h6-11,14,19H,4-5,12-13H2,1-3H3,(H,22,24)/t19-/m1/s1. The van der Waals surface area contributed by atoms with Gasteiger partial charge in [-0.05, 0) is 30.7 Å². The third kappa shape index (κ3) is 3.91. The van der Waals surface area contributed by atoms with E-state index in [0.717, 1.165) is 16.9 Å². The second-order valence-corrected chi connectivity index (χ2v) is 8.71. The van der Waals surface area contributed by atoms with Crippen LogP contribution in [0.4, 0.5) is 0 Å². The molecule has 28 heavy (non-hydrogen) atoms. The van der Waals surface area contributed by atoms with Gasteiger partial charge in [0.1, 0.15) is 5.75 Å². The molecule has 6 nitrogen and oxygen atoms in total. The van der Waals surface area contributed by atoms with Crippen LogP contribution in [-0.4, -0.2) is 38.3 Å². The van der Waals surface area contributed by atoms with Gasteiger partial charge in [-0.25, -0.2) is 8.42 Å². The molecule has 0 aliphatic carbocycles. The van der Waals surface area contributed by atoms with Gasteiger partial charge >= 0.3 is 0 Å². The van der Waals surface area contributed by atoms with Gasteiger partial charge in [0.25, 0.3) is 5.91 Å². The number of carbonyl (C=O) groups is 1. The van der Waals surface area contributed by atoms with E-state index in [1.165, 1.54) is 10.4 Å². The number of sulfonamides is 1. The van der Waals surface area contributed by atoms with Gasteiger partial charge in [-0.3, -0.25) is 4.79 Å². The van der Waals surface area contributed by atoms with E-state index in [-0.39, 0.29) is 16.8 Å². The Balaban J connectivity index is 1.89. The first-order valence-corrected chi connectivity index (χ1v) is 11.0. The first-order valence-electron chi connectivity index (χ1n) is 9.51. The van der Waals surface area contributed by atoms with Crippen LogP contribution >= 0.6 is 0 Å². The molecule has 1 atom stereocenters. The molecule has 0 fully saturated rings. The number of rotatable bonds is 6. The van der Waals surface area contributed by atoms with Crippen molar-refractivity contribution in [2.45, 2.75) is 38.1 Å². The van der Waals surface area contributed by atoms with Crippen LogP contribution in [0, 0.1) is 6.92 Å². The largest absolute Gasteiger partial charge is 0.493 e. The van der Waals surface area contributed by atoms with Crippen molar-refractivity contribution < 1.29 is 17.9 Å². The maximum Gasteiger partial charge on any atom is 0.252 e. The number of hydrogen-bond donors (Lipinski definition) is 1. The normalized spacial score (nSPS) is 16.4. The number of fused-ring (bicyclic) bond motifs is 1. The van der Waals surface area contributed by atoms with Crippen molar-refractivity contribution in [2.75, 3.05) is 19.7 Å². The number of ether oxygens (including phenoxy) is 1. The second kappa shape index (κ2) is 8.32. The van der Waals surface area contributed by atoms with Gasteiger partial charge < -0.3 is 10.1 Å².